The van der Waals surface area contributed by atoms with Gasteiger partial charge in [0.25, 0.3) is 0 Å². The van der Waals surface area contributed by atoms with Gasteiger partial charge in [-0.2, -0.15) is 0 Å². The molecule has 0 atom stereocenters. The lowest BCUT2D eigenvalue weighted by Gasteiger charge is -2.37. The first-order chi connectivity index (χ1) is 11.2. The molecule has 4 rings (SSSR count). The van der Waals surface area contributed by atoms with Crippen LogP contribution in [0.3, 0.4) is 0 Å². The highest BCUT2D eigenvalue weighted by Crippen LogP contribution is 2.41. The fourth-order valence-electron chi connectivity index (χ4n) is 3.61. The highest BCUT2D eigenvalue weighted by molar-refractivity contribution is 5.36. The van der Waals surface area contributed by atoms with Crippen molar-refractivity contribution >= 4 is 0 Å². The van der Waals surface area contributed by atoms with Gasteiger partial charge in [0.2, 0.25) is 0 Å². The summed E-state index contributed by atoms with van der Waals surface area (Å²) in [5.41, 5.74) is 1.39. The minimum Gasteiger partial charge on any atom is -0.385 e. The van der Waals surface area contributed by atoms with Crippen molar-refractivity contribution < 1.29 is 5.11 Å². The Kier molecular flexibility index (Phi) is 3.54. The molecule has 0 spiro atoms. The largest absolute Gasteiger partial charge is 0.385 e. The maximum atomic E-state index is 11.1. The number of hydrogen-bond acceptors (Lipinski definition) is 2. The van der Waals surface area contributed by atoms with Crippen molar-refractivity contribution in [3.63, 3.8) is 0 Å². The van der Waals surface area contributed by atoms with Crippen LogP contribution in [0.4, 0.5) is 0 Å². The second-order valence-electron chi connectivity index (χ2n) is 6.41. The molecule has 1 aliphatic carbocycles. The molecule has 1 saturated carbocycles. The Morgan fingerprint density at radius 2 is 1.70 bits per heavy atom. The fourth-order valence-corrected chi connectivity index (χ4v) is 3.61. The molecule has 0 aliphatic heterocycles. The molecule has 1 N–H and O–H groups in total. The number of nitrogens with zero attached hydrogens (tertiary/aromatic N) is 3. The van der Waals surface area contributed by atoms with E-state index < -0.39 is 5.60 Å². The maximum absolute atomic E-state index is 11.1. The van der Waals surface area contributed by atoms with Crippen molar-refractivity contribution in [2.24, 2.45) is 0 Å². The highest BCUT2D eigenvalue weighted by Gasteiger charge is 2.35. The quantitative estimate of drug-likeness (QED) is 0.802. The molecule has 0 bridgehead atoms. The normalized spacial score (nSPS) is 24.7. The smallest absolute Gasteiger partial charge is 0.0991 e. The number of aliphatic hydroxyl groups is 1. The summed E-state index contributed by atoms with van der Waals surface area (Å²) >= 11 is 0. The molecule has 23 heavy (non-hydrogen) atoms. The van der Waals surface area contributed by atoms with Crippen molar-refractivity contribution in [2.45, 2.75) is 37.3 Å². The zero-order valence-electron chi connectivity index (χ0n) is 13.0. The van der Waals surface area contributed by atoms with Crippen LogP contribution in [0.1, 0.15) is 37.3 Å². The van der Waals surface area contributed by atoms with Crippen LogP contribution in [0, 0.1) is 0 Å². The first kappa shape index (κ1) is 14.3. The van der Waals surface area contributed by atoms with Crippen LogP contribution in [0.5, 0.6) is 0 Å². The molecule has 118 valence electrons. The van der Waals surface area contributed by atoms with Gasteiger partial charge in [-0.05, 0) is 55.5 Å². The Hall–Kier alpha value is -2.33. The Morgan fingerprint density at radius 3 is 2.30 bits per heavy atom. The lowest BCUT2D eigenvalue weighted by atomic mass is 9.77. The molecule has 0 radical (unpaired) electrons. The van der Waals surface area contributed by atoms with Gasteiger partial charge in [-0.25, -0.2) is 4.98 Å². The summed E-state index contributed by atoms with van der Waals surface area (Å²) in [5, 5.41) is 11.1. The molecular formula is C19H21N3O. The van der Waals surface area contributed by atoms with Crippen LogP contribution in [-0.2, 0) is 5.60 Å². The van der Waals surface area contributed by atoms with Crippen molar-refractivity contribution in [1.82, 2.24) is 14.1 Å². The van der Waals surface area contributed by atoms with Crippen molar-refractivity contribution in [2.75, 3.05) is 0 Å². The molecule has 1 fully saturated rings. The molecule has 2 aromatic heterocycles. The molecule has 2 heterocycles. The Labute approximate surface area is 136 Å². The molecule has 1 aliphatic rings. The molecule has 0 unspecified atom stereocenters. The van der Waals surface area contributed by atoms with E-state index in [0.29, 0.717) is 6.04 Å². The Bertz CT molecular complexity index is 737. The van der Waals surface area contributed by atoms with Gasteiger partial charge in [-0.3, -0.25) is 0 Å². The number of aromatic nitrogens is 3. The molecular weight excluding hydrogens is 286 g/mol. The summed E-state index contributed by atoms with van der Waals surface area (Å²) in [7, 11) is 0. The van der Waals surface area contributed by atoms with Gasteiger partial charge in [0.1, 0.15) is 0 Å². The van der Waals surface area contributed by atoms with Crippen LogP contribution in [0.15, 0.2) is 67.5 Å². The van der Waals surface area contributed by atoms with Crippen LogP contribution in [0.25, 0.3) is 5.69 Å². The van der Waals surface area contributed by atoms with Gasteiger partial charge < -0.3 is 14.2 Å². The second-order valence-corrected chi connectivity index (χ2v) is 6.41. The zero-order valence-corrected chi connectivity index (χ0v) is 13.0. The summed E-state index contributed by atoms with van der Waals surface area (Å²) in [5.74, 6) is 0. The van der Waals surface area contributed by atoms with Gasteiger partial charge in [0, 0.05) is 36.5 Å². The van der Waals surface area contributed by atoms with Crippen LogP contribution in [-0.4, -0.2) is 19.2 Å². The van der Waals surface area contributed by atoms with E-state index in [0.717, 1.165) is 36.9 Å². The summed E-state index contributed by atoms with van der Waals surface area (Å²) < 4.78 is 4.23. The zero-order chi connectivity index (χ0) is 15.7. The summed E-state index contributed by atoms with van der Waals surface area (Å²) in [6.07, 6.45) is 13.3. The van der Waals surface area contributed by atoms with Gasteiger partial charge in [-0.1, -0.05) is 12.1 Å². The first-order valence-electron chi connectivity index (χ1n) is 8.18. The molecule has 4 nitrogen and oxygen atoms in total. The molecule has 3 aromatic rings. The molecule has 0 saturated heterocycles. The van der Waals surface area contributed by atoms with Gasteiger partial charge in [0.15, 0.2) is 0 Å². The Balaban J connectivity index is 1.49. The van der Waals surface area contributed by atoms with E-state index in [1.807, 2.05) is 35.0 Å². The monoisotopic (exact) mass is 307 g/mol. The minimum absolute atomic E-state index is 0.510. The van der Waals surface area contributed by atoms with E-state index in [2.05, 4.69) is 34.1 Å². The predicted octanol–water partition coefficient (Wildman–Crippen LogP) is 3.68. The minimum atomic E-state index is -0.697. The van der Waals surface area contributed by atoms with E-state index in [9.17, 15) is 5.11 Å². The third-order valence-electron chi connectivity index (χ3n) is 5.04. The van der Waals surface area contributed by atoms with Gasteiger partial charge >= 0.3 is 0 Å². The number of hydrogen-bond donors (Lipinski definition) is 1. The first-order valence-corrected chi connectivity index (χ1v) is 8.18. The lowest BCUT2D eigenvalue weighted by Crippen LogP contribution is -2.32. The molecule has 0 amide bonds. The predicted molar refractivity (Wildman–Crippen MR) is 89.4 cm³/mol. The SMILES string of the molecule is OC1(c2ccc(-n3ccnc3)cc2)CCC(n2cccc2)CC1. The summed E-state index contributed by atoms with van der Waals surface area (Å²) in [6, 6.07) is 12.8. The van der Waals surface area contributed by atoms with E-state index in [-0.39, 0.29) is 0 Å². The molecule has 4 heteroatoms. The van der Waals surface area contributed by atoms with Crippen molar-refractivity contribution in [1.29, 1.82) is 0 Å². The second kappa shape index (κ2) is 5.70. The fraction of sp³-hybridized carbons (Fsp3) is 0.316. The number of imidazole rings is 1. The molecule has 1 aromatic carbocycles. The van der Waals surface area contributed by atoms with E-state index in [1.54, 1.807) is 12.5 Å². The summed E-state index contributed by atoms with van der Waals surface area (Å²) in [6.45, 7) is 0. The average Bonchev–Trinajstić information content (AvgIpc) is 3.30. The van der Waals surface area contributed by atoms with Crippen molar-refractivity contribution in [3.8, 4) is 5.69 Å². The maximum Gasteiger partial charge on any atom is 0.0991 e. The number of rotatable bonds is 3. The summed E-state index contributed by atoms with van der Waals surface area (Å²) in [4.78, 5) is 4.07. The van der Waals surface area contributed by atoms with Gasteiger partial charge in [-0.15, -0.1) is 0 Å². The van der Waals surface area contributed by atoms with E-state index in [1.165, 1.54) is 0 Å². The van der Waals surface area contributed by atoms with Crippen LogP contribution in [0.2, 0.25) is 0 Å². The number of benzene rings is 1. The average molecular weight is 307 g/mol. The Morgan fingerprint density at radius 1 is 1.00 bits per heavy atom. The lowest BCUT2D eigenvalue weighted by molar-refractivity contribution is -0.0123. The van der Waals surface area contributed by atoms with Gasteiger partial charge in [0.05, 0.1) is 11.9 Å². The van der Waals surface area contributed by atoms with E-state index in [4.69, 9.17) is 0 Å². The van der Waals surface area contributed by atoms with Crippen LogP contribution < -0.4 is 0 Å². The van der Waals surface area contributed by atoms with Crippen LogP contribution >= 0.6 is 0 Å². The van der Waals surface area contributed by atoms with E-state index >= 15 is 0 Å². The third kappa shape index (κ3) is 2.70. The van der Waals surface area contributed by atoms with Crippen molar-refractivity contribution in [3.05, 3.63) is 73.1 Å². The highest BCUT2D eigenvalue weighted by atomic mass is 16.3. The topological polar surface area (TPSA) is 43.0 Å². The standard InChI is InChI=1S/C19H21N3O/c23-19(9-7-18(8-10-19)21-12-1-2-13-21)16-3-5-17(6-4-16)22-14-11-20-15-22/h1-6,11-15,18,23H,7-10H2. The third-order valence-corrected chi connectivity index (χ3v) is 5.04.